The van der Waals surface area contributed by atoms with Crippen molar-refractivity contribution < 1.29 is 4.79 Å². The summed E-state index contributed by atoms with van der Waals surface area (Å²) in [7, 11) is 1.87. The van der Waals surface area contributed by atoms with Crippen LogP contribution in [0.5, 0.6) is 0 Å². The van der Waals surface area contributed by atoms with E-state index in [1.54, 1.807) is 11.8 Å². The molecule has 0 aliphatic heterocycles. The second-order valence-electron chi connectivity index (χ2n) is 6.23. The Labute approximate surface area is 138 Å². The molecule has 118 valence electrons. The molecule has 2 heteroatoms. The molecule has 3 rings (SSSR count). The first-order valence-electron chi connectivity index (χ1n) is 8.24. The Hall–Kier alpha value is -2.35. The van der Waals surface area contributed by atoms with Crippen LogP contribution in [0.4, 0.5) is 0 Å². The molecule has 2 nitrogen and oxygen atoms in total. The average Bonchev–Trinajstić information content (AvgIpc) is 2.72. The Balaban J connectivity index is 1.89. The fourth-order valence-electron chi connectivity index (χ4n) is 3.31. The normalized spacial score (nSPS) is 13.1. The van der Waals surface area contributed by atoms with E-state index in [4.69, 9.17) is 0 Å². The molecule has 0 saturated heterocycles. The molecular formula is C21H23NO. The topological polar surface area (TPSA) is 20.3 Å². The molecule has 0 bridgehead atoms. The highest BCUT2D eigenvalue weighted by Gasteiger charge is 2.20. The van der Waals surface area contributed by atoms with E-state index in [1.807, 2.05) is 7.05 Å². The molecule has 2 aromatic carbocycles. The summed E-state index contributed by atoms with van der Waals surface area (Å²) in [6.45, 7) is 2.43. The van der Waals surface area contributed by atoms with Crippen LogP contribution in [0.3, 0.4) is 0 Å². The van der Waals surface area contributed by atoms with Crippen LogP contribution >= 0.6 is 0 Å². The van der Waals surface area contributed by atoms with Crippen molar-refractivity contribution in [1.82, 2.24) is 4.90 Å². The van der Waals surface area contributed by atoms with Gasteiger partial charge in [0.15, 0.2) is 0 Å². The van der Waals surface area contributed by atoms with E-state index in [9.17, 15) is 4.79 Å². The Morgan fingerprint density at radius 3 is 2.00 bits per heavy atom. The lowest BCUT2D eigenvalue weighted by molar-refractivity contribution is -0.127. The minimum atomic E-state index is 0.133. The zero-order valence-electron chi connectivity index (χ0n) is 13.8. The monoisotopic (exact) mass is 305 g/mol. The van der Waals surface area contributed by atoms with Gasteiger partial charge in [-0.2, -0.15) is 0 Å². The fourth-order valence-corrected chi connectivity index (χ4v) is 3.31. The summed E-state index contributed by atoms with van der Waals surface area (Å²) in [4.78, 5) is 13.2. The van der Waals surface area contributed by atoms with Gasteiger partial charge in [0, 0.05) is 26.4 Å². The van der Waals surface area contributed by atoms with E-state index >= 15 is 0 Å². The molecule has 1 aliphatic rings. The van der Waals surface area contributed by atoms with Gasteiger partial charge in [-0.05, 0) is 35.1 Å². The van der Waals surface area contributed by atoms with Crippen molar-refractivity contribution in [2.45, 2.75) is 25.7 Å². The molecule has 0 spiro atoms. The molecule has 0 heterocycles. The smallest absolute Gasteiger partial charge is 0.219 e. The van der Waals surface area contributed by atoms with Crippen LogP contribution in [0, 0.1) is 0 Å². The second-order valence-corrected chi connectivity index (χ2v) is 6.23. The van der Waals surface area contributed by atoms with Crippen LogP contribution < -0.4 is 0 Å². The maximum absolute atomic E-state index is 11.4. The molecule has 0 radical (unpaired) electrons. The highest BCUT2D eigenvalue weighted by molar-refractivity contribution is 5.76. The van der Waals surface area contributed by atoms with Gasteiger partial charge in [-0.1, -0.05) is 60.7 Å². The van der Waals surface area contributed by atoms with Gasteiger partial charge < -0.3 is 4.90 Å². The predicted octanol–water partition coefficient (Wildman–Crippen LogP) is 4.56. The lowest BCUT2D eigenvalue weighted by Crippen LogP contribution is -2.25. The van der Waals surface area contributed by atoms with Crippen molar-refractivity contribution in [3.63, 3.8) is 0 Å². The predicted molar refractivity (Wildman–Crippen MR) is 96.2 cm³/mol. The van der Waals surface area contributed by atoms with Gasteiger partial charge >= 0.3 is 0 Å². The van der Waals surface area contributed by atoms with Crippen LogP contribution in [-0.2, 0) is 4.79 Å². The lowest BCUT2D eigenvalue weighted by Gasteiger charge is -2.22. The fraction of sp³-hybridized carbons (Fsp3) is 0.286. The quantitative estimate of drug-likeness (QED) is 0.811. The number of benzene rings is 2. The lowest BCUT2D eigenvalue weighted by atomic mass is 9.84. The van der Waals surface area contributed by atoms with Crippen LogP contribution in [0.25, 0.3) is 12.2 Å². The summed E-state index contributed by atoms with van der Waals surface area (Å²) in [5.74, 6) is 0.520. The third kappa shape index (κ3) is 3.37. The molecule has 1 aliphatic carbocycles. The highest BCUT2D eigenvalue weighted by Crippen LogP contribution is 2.37. The number of amides is 1. The van der Waals surface area contributed by atoms with Gasteiger partial charge in [0.1, 0.15) is 0 Å². The van der Waals surface area contributed by atoms with Gasteiger partial charge in [0.2, 0.25) is 5.91 Å². The summed E-state index contributed by atoms with van der Waals surface area (Å²) >= 11 is 0. The van der Waals surface area contributed by atoms with Crippen LogP contribution in [0.1, 0.15) is 47.9 Å². The van der Waals surface area contributed by atoms with E-state index in [-0.39, 0.29) is 5.91 Å². The number of rotatable bonds is 4. The minimum Gasteiger partial charge on any atom is -0.346 e. The van der Waals surface area contributed by atoms with Gasteiger partial charge in [-0.3, -0.25) is 4.79 Å². The van der Waals surface area contributed by atoms with E-state index in [1.165, 1.54) is 22.3 Å². The summed E-state index contributed by atoms with van der Waals surface area (Å²) < 4.78 is 0. The Bertz CT molecular complexity index is 683. The standard InChI is InChI=1S/C21H23NO/c1-16(23)22(2)15-7-12-21-19-10-5-3-8-17(19)13-14-18-9-4-6-11-20(18)21/h3-6,8-11,13-14,21H,7,12,15H2,1-2H3. The zero-order chi connectivity index (χ0) is 16.2. The van der Waals surface area contributed by atoms with Crippen LogP contribution in [0.15, 0.2) is 48.5 Å². The largest absolute Gasteiger partial charge is 0.346 e. The number of nitrogens with zero attached hydrogens (tertiary/aromatic N) is 1. The first kappa shape index (κ1) is 15.5. The number of hydrogen-bond donors (Lipinski definition) is 0. The summed E-state index contributed by atoms with van der Waals surface area (Å²) in [5.41, 5.74) is 5.38. The second kappa shape index (κ2) is 6.82. The molecule has 1 amide bonds. The number of hydrogen-bond acceptors (Lipinski definition) is 1. The van der Waals surface area contributed by atoms with Gasteiger partial charge in [0.05, 0.1) is 0 Å². The van der Waals surface area contributed by atoms with Crippen molar-refractivity contribution in [1.29, 1.82) is 0 Å². The first-order valence-corrected chi connectivity index (χ1v) is 8.24. The zero-order valence-corrected chi connectivity index (χ0v) is 13.8. The van der Waals surface area contributed by atoms with Crippen molar-refractivity contribution >= 4 is 18.1 Å². The molecule has 0 aromatic heterocycles. The Kier molecular flexibility index (Phi) is 4.61. The van der Waals surface area contributed by atoms with E-state index in [0.717, 1.165) is 19.4 Å². The third-order valence-electron chi connectivity index (χ3n) is 4.71. The van der Waals surface area contributed by atoms with E-state index in [0.29, 0.717) is 5.92 Å². The average molecular weight is 305 g/mol. The summed E-state index contributed by atoms with van der Waals surface area (Å²) in [5, 5.41) is 0. The van der Waals surface area contributed by atoms with Gasteiger partial charge in [-0.25, -0.2) is 0 Å². The van der Waals surface area contributed by atoms with E-state index < -0.39 is 0 Å². The molecule has 0 N–H and O–H groups in total. The highest BCUT2D eigenvalue weighted by atomic mass is 16.2. The molecule has 0 fully saturated rings. The molecule has 0 atom stereocenters. The minimum absolute atomic E-state index is 0.133. The molecule has 23 heavy (non-hydrogen) atoms. The van der Waals surface area contributed by atoms with Crippen molar-refractivity contribution in [2.24, 2.45) is 0 Å². The van der Waals surface area contributed by atoms with Crippen LogP contribution in [0.2, 0.25) is 0 Å². The van der Waals surface area contributed by atoms with Crippen molar-refractivity contribution in [2.75, 3.05) is 13.6 Å². The summed E-state index contributed by atoms with van der Waals surface area (Å²) in [6.07, 6.45) is 6.49. The maximum atomic E-state index is 11.4. The third-order valence-corrected chi connectivity index (χ3v) is 4.71. The van der Waals surface area contributed by atoms with Gasteiger partial charge in [0.25, 0.3) is 0 Å². The summed E-state index contributed by atoms with van der Waals surface area (Å²) in [6, 6.07) is 17.3. The van der Waals surface area contributed by atoms with Crippen molar-refractivity contribution in [3.05, 3.63) is 70.8 Å². The Morgan fingerprint density at radius 1 is 0.957 bits per heavy atom. The molecule has 0 saturated carbocycles. The SMILES string of the molecule is CC(=O)N(C)CCCC1c2ccccc2C=Cc2ccccc21. The molecule has 2 aromatic rings. The number of carbonyl (C=O) groups excluding carboxylic acids is 1. The van der Waals surface area contributed by atoms with Crippen molar-refractivity contribution in [3.8, 4) is 0 Å². The maximum Gasteiger partial charge on any atom is 0.219 e. The van der Waals surface area contributed by atoms with Gasteiger partial charge in [-0.15, -0.1) is 0 Å². The molecule has 0 unspecified atom stereocenters. The van der Waals surface area contributed by atoms with Crippen LogP contribution in [-0.4, -0.2) is 24.4 Å². The van der Waals surface area contributed by atoms with E-state index in [2.05, 4.69) is 60.7 Å². The number of fused-ring (bicyclic) bond motifs is 2. The number of carbonyl (C=O) groups is 1. The Morgan fingerprint density at radius 2 is 1.48 bits per heavy atom. The first-order chi connectivity index (χ1) is 11.2. The molecular weight excluding hydrogens is 282 g/mol.